The fourth-order valence-electron chi connectivity index (χ4n) is 5.31. The number of carbonyl (C=O) groups excluding carboxylic acids is 1. The fraction of sp³-hybridized carbons (Fsp3) is 0.393. The van der Waals surface area contributed by atoms with Gasteiger partial charge in [-0.15, -0.1) is 0 Å². The summed E-state index contributed by atoms with van der Waals surface area (Å²) in [6, 6.07) is 9.65. The molecule has 0 bridgehead atoms. The molecule has 1 aliphatic heterocycles. The molecular formula is C28H33N7O4. The molecule has 204 valence electrons. The second kappa shape index (κ2) is 10.9. The van der Waals surface area contributed by atoms with Gasteiger partial charge in [0.1, 0.15) is 13.2 Å². The van der Waals surface area contributed by atoms with E-state index in [0.29, 0.717) is 24.7 Å². The molecular weight excluding hydrogens is 498 g/mol. The molecule has 1 fully saturated rings. The number of carbonyl (C=O) groups is 1. The number of nitrogens with zero attached hydrogens (tertiary/aromatic N) is 6. The van der Waals surface area contributed by atoms with Gasteiger partial charge in [0.25, 0.3) is 5.56 Å². The van der Waals surface area contributed by atoms with Gasteiger partial charge < -0.3 is 19.9 Å². The number of piperidine rings is 1. The largest absolute Gasteiger partial charge is 0.460 e. The Hall–Kier alpha value is -4.25. The number of esters is 1. The lowest BCUT2D eigenvalue weighted by molar-refractivity contribution is -0.143. The number of ether oxygens (including phenoxy) is 1. The van der Waals surface area contributed by atoms with Crippen molar-refractivity contribution in [3.05, 3.63) is 75.2 Å². The lowest BCUT2D eigenvalue weighted by Crippen LogP contribution is -2.44. The molecule has 0 spiro atoms. The zero-order chi connectivity index (χ0) is 27.7. The zero-order valence-electron chi connectivity index (χ0n) is 22.3. The van der Waals surface area contributed by atoms with Crippen LogP contribution in [-0.2, 0) is 29.2 Å². The van der Waals surface area contributed by atoms with Crippen molar-refractivity contribution >= 4 is 33.9 Å². The number of aromatic nitrogens is 5. The SMILES string of the molecule is C=CCOC(=O)Cn1c(=O)n(Cc2nc(C)cc3ccccc23)c(=O)c2c1nc(N1CCCC(N)C1)n2CC. The smallest absolute Gasteiger partial charge is 0.333 e. The number of hydrogen-bond acceptors (Lipinski definition) is 8. The normalized spacial score (nSPS) is 15.7. The van der Waals surface area contributed by atoms with Crippen LogP contribution in [0.3, 0.4) is 0 Å². The van der Waals surface area contributed by atoms with Gasteiger partial charge in [0.05, 0.1) is 12.2 Å². The Morgan fingerprint density at radius 2 is 2.00 bits per heavy atom. The first kappa shape index (κ1) is 26.4. The van der Waals surface area contributed by atoms with Crippen molar-refractivity contribution in [3.8, 4) is 0 Å². The second-order valence-electron chi connectivity index (χ2n) is 9.84. The Kier molecular flexibility index (Phi) is 7.34. The lowest BCUT2D eigenvalue weighted by Gasteiger charge is -2.31. The molecule has 0 saturated carbocycles. The van der Waals surface area contributed by atoms with Gasteiger partial charge in [-0.05, 0) is 38.1 Å². The van der Waals surface area contributed by atoms with Crippen LogP contribution < -0.4 is 21.9 Å². The highest BCUT2D eigenvalue weighted by molar-refractivity contribution is 5.85. The Bertz CT molecular complexity index is 1680. The standard InChI is InChI=1S/C28H33N7O4/c1-4-13-39-23(36)17-34-25-24(33(5-2)27(31-25)32-12-8-10-20(29)15-32)26(37)35(28(34)38)16-22-21-11-7-6-9-19(21)14-18(3)30-22/h4,6-7,9,11,14,20H,1,5,8,10,12-13,15-17,29H2,2-3H3. The summed E-state index contributed by atoms with van der Waals surface area (Å²) in [7, 11) is 0. The van der Waals surface area contributed by atoms with E-state index < -0.39 is 23.8 Å². The molecule has 11 heteroatoms. The van der Waals surface area contributed by atoms with E-state index in [2.05, 4.69) is 11.6 Å². The number of aryl methyl sites for hydroxylation is 2. The van der Waals surface area contributed by atoms with Crippen LogP contribution in [0.2, 0.25) is 0 Å². The number of benzene rings is 1. The Morgan fingerprint density at radius 1 is 1.21 bits per heavy atom. The van der Waals surface area contributed by atoms with Crippen molar-refractivity contribution in [2.75, 3.05) is 24.6 Å². The van der Waals surface area contributed by atoms with E-state index in [1.165, 1.54) is 10.6 Å². The van der Waals surface area contributed by atoms with E-state index >= 15 is 0 Å². The third-order valence-corrected chi connectivity index (χ3v) is 7.06. The van der Waals surface area contributed by atoms with E-state index in [9.17, 15) is 14.4 Å². The minimum atomic E-state index is -0.655. The van der Waals surface area contributed by atoms with Crippen LogP contribution in [-0.4, -0.2) is 55.4 Å². The van der Waals surface area contributed by atoms with Gasteiger partial charge in [-0.2, -0.15) is 4.98 Å². The molecule has 0 radical (unpaired) electrons. The summed E-state index contributed by atoms with van der Waals surface area (Å²) in [4.78, 5) is 52.0. The molecule has 1 saturated heterocycles. The quantitative estimate of drug-likeness (QED) is 0.270. The van der Waals surface area contributed by atoms with Crippen molar-refractivity contribution in [1.82, 2.24) is 23.7 Å². The molecule has 2 N–H and O–H groups in total. The monoisotopic (exact) mass is 531 g/mol. The third kappa shape index (κ3) is 4.97. The summed E-state index contributed by atoms with van der Waals surface area (Å²) in [6.45, 7) is 8.67. The molecule has 39 heavy (non-hydrogen) atoms. The molecule has 1 aliphatic rings. The van der Waals surface area contributed by atoms with Gasteiger partial charge in [0.2, 0.25) is 5.95 Å². The van der Waals surface area contributed by atoms with Crippen LogP contribution in [0.4, 0.5) is 5.95 Å². The Morgan fingerprint density at radius 3 is 2.74 bits per heavy atom. The maximum atomic E-state index is 14.0. The van der Waals surface area contributed by atoms with E-state index in [4.69, 9.17) is 15.5 Å². The predicted octanol–water partition coefficient (Wildman–Crippen LogP) is 1.94. The van der Waals surface area contributed by atoms with Crippen LogP contribution in [0.25, 0.3) is 21.9 Å². The molecule has 1 aromatic carbocycles. The van der Waals surface area contributed by atoms with Gasteiger partial charge in [-0.25, -0.2) is 4.79 Å². The number of hydrogen-bond donors (Lipinski definition) is 1. The summed E-state index contributed by atoms with van der Waals surface area (Å²) in [5, 5.41) is 1.81. The molecule has 0 amide bonds. The number of nitrogens with two attached hydrogens (primary N) is 1. The number of imidazole rings is 1. The summed E-state index contributed by atoms with van der Waals surface area (Å²) in [6.07, 6.45) is 3.26. The molecule has 1 unspecified atom stereocenters. The Labute approximate surface area is 225 Å². The topological polar surface area (TPSA) is 130 Å². The molecule has 0 aliphatic carbocycles. The van der Waals surface area contributed by atoms with Crippen LogP contribution in [0.5, 0.6) is 0 Å². The fourth-order valence-corrected chi connectivity index (χ4v) is 5.31. The van der Waals surface area contributed by atoms with Gasteiger partial charge in [-0.3, -0.25) is 23.7 Å². The van der Waals surface area contributed by atoms with E-state index in [-0.39, 0.29) is 30.4 Å². The maximum absolute atomic E-state index is 14.0. The minimum Gasteiger partial charge on any atom is -0.460 e. The summed E-state index contributed by atoms with van der Waals surface area (Å²) in [5.74, 6) is -0.0699. The average Bonchev–Trinajstić information content (AvgIpc) is 3.32. The first-order chi connectivity index (χ1) is 18.8. The van der Waals surface area contributed by atoms with Gasteiger partial charge >= 0.3 is 11.7 Å². The molecule has 11 nitrogen and oxygen atoms in total. The molecule has 1 atom stereocenters. The second-order valence-corrected chi connectivity index (χ2v) is 9.84. The van der Waals surface area contributed by atoms with Gasteiger partial charge in [0, 0.05) is 36.8 Å². The summed E-state index contributed by atoms with van der Waals surface area (Å²) >= 11 is 0. The minimum absolute atomic E-state index is 0.00981. The molecule has 4 heterocycles. The van der Waals surface area contributed by atoms with E-state index in [1.54, 1.807) is 4.57 Å². The highest BCUT2D eigenvalue weighted by atomic mass is 16.5. The zero-order valence-corrected chi connectivity index (χ0v) is 22.3. The van der Waals surface area contributed by atoms with Crippen LogP contribution in [0.15, 0.2) is 52.6 Å². The third-order valence-electron chi connectivity index (χ3n) is 7.06. The molecule has 5 rings (SSSR count). The highest BCUT2D eigenvalue weighted by Crippen LogP contribution is 2.24. The maximum Gasteiger partial charge on any atom is 0.333 e. The van der Waals surface area contributed by atoms with Crippen molar-refractivity contribution in [2.45, 2.75) is 52.4 Å². The number of pyridine rings is 1. The van der Waals surface area contributed by atoms with Crippen LogP contribution in [0, 0.1) is 6.92 Å². The predicted molar refractivity (Wildman–Crippen MR) is 150 cm³/mol. The van der Waals surface area contributed by atoms with Crippen LogP contribution in [0.1, 0.15) is 31.2 Å². The summed E-state index contributed by atoms with van der Waals surface area (Å²) < 4.78 is 9.34. The first-order valence-corrected chi connectivity index (χ1v) is 13.2. The van der Waals surface area contributed by atoms with Crippen molar-refractivity contribution < 1.29 is 9.53 Å². The average molecular weight is 532 g/mol. The number of fused-ring (bicyclic) bond motifs is 2. The number of rotatable bonds is 8. The Balaban J connectivity index is 1.73. The first-order valence-electron chi connectivity index (χ1n) is 13.2. The van der Waals surface area contributed by atoms with E-state index in [0.717, 1.165) is 40.4 Å². The summed E-state index contributed by atoms with van der Waals surface area (Å²) in [5.41, 5.74) is 6.86. The van der Waals surface area contributed by atoms with Crippen molar-refractivity contribution in [2.24, 2.45) is 5.73 Å². The molecule has 4 aromatic rings. The van der Waals surface area contributed by atoms with Crippen LogP contribution >= 0.6 is 0 Å². The highest BCUT2D eigenvalue weighted by Gasteiger charge is 2.27. The van der Waals surface area contributed by atoms with Crippen molar-refractivity contribution in [3.63, 3.8) is 0 Å². The van der Waals surface area contributed by atoms with E-state index in [1.807, 2.05) is 49.1 Å². The van der Waals surface area contributed by atoms with Gasteiger partial charge in [-0.1, -0.05) is 36.9 Å². The van der Waals surface area contributed by atoms with Gasteiger partial charge in [0.15, 0.2) is 11.2 Å². The van der Waals surface area contributed by atoms with Crippen molar-refractivity contribution in [1.29, 1.82) is 0 Å². The number of anilines is 1. The lowest BCUT2D eigenvalue weighted by atomic mass is 10.1. The molecule has 3 aromatic heterocycles.